The number of amides is 1. The molecule has 7 heteroatoms. The van der Waals surface area contributed by atoms with Crippen LogP contribution in [0, 0.1) is 0 Å². The molecule has 1 aromatic carbocycles. The zero-order valence-electron chi connectivity index (χ0n) is 11.8. The lowest BCUT2D eigenvalue weighted by Crippen LogP contribution is -2.27. The Hall–Kier alpha value is -2.40. The lowest BCUT2D eigenvalue weighted by atomic mass is 10.1. The van der Waals surface area contributed by atoms with Crippen LogP contribution in [0.15, 0.2) is 23.3 Å². The number of azide groups is 1. The Labute approximate surface area is 117 Å². The van der Waals surface area contributed by atoms with Gasteiger partial charge in [-0.15, -0.1) is 0 Å². The van der Waals surface area contributed by atoms with Crippen LogP contribution < -0.4 is 5.32 Å². The number of rotatable bonds is 4. The van der Waals surface area contributed by atoms with E-state index in [1.165, 1.54) is 12.1 Å². The van der Waals surface area contributed by atoms with Gasteiger partial charge in [0.05, 0.1) is 0 Å². The van der Waals surface area contributed by atoms with Gasteiger partial charge < -0.3 is 9.84 Å². The van der Waals surface area contributed by atoms with Crippen LogP contribution >= 0.6 is 0 Å². The summed E-state index contributed by atoms with van der Waals surface area (Å²) in [5.41, 5.74) is 8.86. The fraction of sp³-hybridized carbons (Fsp3) is 0.462. The van der Waals surface area contributed by atoms with Crippen molar-refractivity contribution in [2.75, 3.05) is 11.9 Å². The summed E-state index contributed by atoms with van der Waals surface area (Å²) in [5.74, 6) is 0.0793. The summed E-state index contributed by atoms with van der Waals surface area (Å²) in [6.07, 6.45) is -0.169. The summed E-state index contributed by atoms with van der Waals surface area (Å²) in [7, 11) is 0. The molecule has 0 saturated carbocycles. The van der Waals surface area contributed by atoms with Gasteiger partial charge in [0.15, 0.2) is 0 Å². The number of ether oxygens (including phenoxy) is 1. The van der Waals surface area contributed by atoms with Crippen molar-refractivity contribution in [3.63, 3.8) is 0 Å². The molecule has 0 spiro atoms. The van der Waals surface area contributed by atoms with E-state index in [0.29, 0.717) is 17.7 Å². The van der Waals surface area contributed by atoms with Gasteiger partial charge in [0.25, 0.3) is 0 Å². The standard InChI is InChI=1S/C13H18N4O3/c1-13(2,3)20-12(19)16-11-5-4-10(18)8-9(11)6-7-15-17-14/h4-5,8,18H,6-7H2,1-3H3,(H,16,19). The maximum atomic E-state index is 11.7. The molecular formula is C13H18N4O3. The van der Waals surface area contributed by atoms with Crippen molar-refractivity contribution in [2.24, 2.45) is 5.11 Å². The SMILES string of the molecule is CC(C)(C)OC(=O)Nc1ccc(O)cc1CCN=[N+]=[N-]. The third-order valence-electron chi connectivity index (χ3n) is 2.27. The van der Waals surface area contributed by atoms with E-state index in [4.69, 9.17) is 10.3 Å². The fourth-order valence-electron chi connectivity index (χ4n) is 1.54. The average molecular weight is 278 g/mol. The summed E-state index contributed by atoms with van der Waals surface area (Å²) in [6.45, 7) is 5.55. The van der Waals surface area contributed by atoms with E-state index in [-0.39, 0.29) is 12.3 Å². The minimum absolute atomic E-state index is 0.0793. The summed E-state index contributed by atoms with van der Waals surface area (Å²) in [5, 5.41) is 15.5. The molecule has 0 atom stereocenters. The average Bonchev–Trinajstić information content (AvgIpc) is 2.30. The highest BCUT2D eigenvalue weighted by Crippen LogP contribution is 2.22. The Morgan fingerprint density at radius 1 is 1.50 bits per heavy atom. The van der Waals surface area contributed by atoms with Crippen molar-refractivity contribution < 1.29 is 14.6 Å². The molecule has 7 nitrogen and oxygen atoms in total. The molecule has 0 aliphatic carbocycles. The summed E-state index contributed by atoms with van der Waals surface area (Å²) in [6, 6.07) is 4.55. The largest absolute Gasteiger partial charge is 0.508 e. The van der Waals surface area contributed by atoms with E-state index in [0.717, 1.165) is 0 Å². The molecule has 20 heavy (non-hydrogen) atoms. The third kappa shape index (κ3) is 5.49. The fourth-order valence-corrected chi connectivity index (χ4v) is 1.54. The zero-order valence-corrected chi connectivity index (χ0v) is 11.8. The van der Waals surface area contributed by atoms with Crippen LogP contribution in [0.4, 0.5) is 10.5 Å². The van der Waals surface area contributed by atoms with Gasteiger partial charge in [-0.2, -0.15) is 0 Å². The Bertz CT molecular complexity index is 531. The van der Waals surface area contributed by atoms with Crippen molar-refractivity contribution in [1.29, 1.82) is 0 Å². The van der Waals surface area contributed by atoms with Crippen LogP contribution in [0.25, 0.3) is 10.4 Å². The second-order valence-corrected chi connectivity index (χ2v) is 5.17. The van der Waals surface area contributed by atoms with Crippen LogP contribution in [0.3, 0.4) is 0 Å². The van der Waals surface area contributed by atoms with E-state index < -0.39 is 11.7 Å². The molecule has 1 amide bonds. The molecule has 0 aromatic heterocycles. The van der Waals surface area contributed by atoms with Crippen molar-refractivity contribution in [1.82, 2.24) is 0 Å². The van der Waals surface area contributed by atoms with E-state index in [9.17, 15) is 9.90 Å². The lowest BCUT2D eigenvalue weighted by molar-refractivity contribution is 0.0635. The quantitative estimate of drug-likeness (QED) is 0.380. The number of benzene rings is 1. The maximum absolute atomic E-state index is 11.7. The topological polar surface area (TPSA) is 107 Å². The number of hydrogen-bond donors (Lipinski definition) is 2. The summed E-state index contributed by atoms with van der Waals surface area (Å²) in [4.78, 5) is 14.4. The molecule has 0 fully saturated rings. The number of nitrogens with one attached hydrogen (secondary N) is 1. The number of anilines is 1. The predicted molar refractivity (Wildman–Crippen MR) is 75.7 cm³/mol. The molecule has 0 aliphatic rings. The Kier molecular flexibility index (Phi) is 5.23. The first-order valence-electron chi connectivity index (χ1n) is 6.14. The van der Waals surface area contributed by atoms with Crippen molar-refractivity contribution in [3.05, 3.63) is 34.2 Å². The number of phenolic OH excluding ortho intramolecular Hbond substituents is 1. The molecule has 0 bridgehead atoms. The second-order valence-electron chi connectivity index (χ2n) is 5.17. The molecule has 0 aliphatic heterocycles. The molecule has 0 radical (unpaired) electrons. The van der Waals surface area contributed by atoms with Gasteiger partial charge in [0.1, 0.15) is 11.4 Å². The van der Waals surface area contributed by atoms with Gasteiger partial charge in [0, 0.05) is 17.1 Å². The van der Waals surface area contributed by atoms with E-state index in [2.05, 4.69) is 15.3 Å². The van der Waals surface area contributed by atoms with Crippen LogP contribution in [-0.4, -0.2) is 23.3 Å². The maximum Gasteiger partial charge on any atom is 0.412 e. The van der Waals surface area contributed by atoms with Crippen molar-refractivity contribution in [3.8, 4) is 5.75 Å². The van der Waals surface area contributed by atoms with Gasteiger partial charge in [-0.3, -0.25) is 5.32 Å². The van der Waals surface area contributed by atoms with Gasteiger partial charge in [-0.1, -0.05) is 5.11 Å². The Morgan fingerprint density at radius 3 is 2.80 bits per heavy atom. The Balaban J connectivity index is 2.82. The summed E-state index contributed by atoms with van der Waals surface area (Å²) < 4.78 is 5.16. The minimum Gasteiger partial charge on any atom is -0.508 e. The van der Waals surface area contributed by atoms with Crippen molar-refractivity contribution in [2.45, 2.75) is 32.8 Å². The third-order valence-corrected chi connectivity index (χ3v) is 2.27. The smallest absolute Gasteiger partial charge is 0.412 e. The first-order chi connectivity index (χ1) is 9.31. The van der Waals surface area contributed by atoms with Crippen LogP contribution in [-0.2, 0) is 11.2 Å². The second kappa shape index (κ2) is 6.68. The molecule has 0 heterocycles. The van der Waals surface area contributed by atoms with Crippen LogP contribution in [0.1, 0.15) is 26.3 Å². The number of aromatic hydroxyl groups is 1. The first kappa shape index (κ1) is 15.7. The number of carbonyl (C=O) groups excluding carboxylic acids is 1. The van der Waals surface area contributed by atoms with Crippen LogP contribution in [0.5, 0.6) is 5.75 Å². The highest BCUT2D eigenvalue weighted by molar-refractivity contribution is 5.86. The highest BCUT2D eigenvalue weighted by atomic mass is 16.6. The van der Waals surface area contributed by atoms with E-state index >= 15 is 0 Å². The predicted octanol–water partition coefficient (Wildman–Crippen LogP) is 3.59. The number of hydrogen-bond acceptors (Lipinski definition) is 4. The van der Waals surface area contributed by atoms with E-state index in [1.54, 1.807) is 26.8 Å². The minimum atomic E-state index is -0.591. The molecule has 0 saturated heterocycles. The molecule has 108 valence electrons. The van der Waals surface area contributed by atoms with Crippen molar-refractivity contribution >= 4 is 11.8 Å². The van der Waals surface area contributed by atoms with Gasteiger partial charge in [-0.25, -0.2) is 4.79 Å². The summed E-state index contributed by atoms with van der Waals surface area (Å²) >= 11 is 0. The normalized spacial score (nSPS) is 10.6. The monoisotopic (exact) mass is 278 g/mol. The van der Waals surface area contributed by atoms with Crippen LogP contribution in [0.2, 0.25) is 0 Å². The molecular weight excluding hydrogens is 260 g/mol. The number of carbonyl (C=O) groups is 1. The highest BCUT2D eigenvalue weighted by Gasteiger charge is 2.17. The zero-order chi connectivity index (χ0) is 15.2. The van der Waals surface area contributed by atoms with Gasteiger partial charge in [0.2, 0.25) is 0 Å². The number of phenols is 1. The molecule has 0 unspecified atom stereocenters. The number of nitrogens with zero attached hydrogens (tertiary/aromatic N) is 3. The Morgan fingerprint density at radius 2 is 2.20 bits per heavy atom. The van der Waals surface area contributed by atoms with Gasteiger partial charge >= 0.3 is 6.09 Å². The van der Waals surface area contributed by atoms with E-state index in [1.807, 2.05) is 0 Å². The molecule has 2 N–H and O–H groups in total. The van der Waals surface area contributed by atoms with Gasteiger partial charge in [-0.05, 0) is 56.5 Å². The first-order valence-corrected chi connectivity index (χ1v) is 6.14. The lowest BCUT2D eigenvalue weighted by Gasteiger charge is -2.20. The molecule has 1 aromatic rings. The molecule has 1 rings (SSSR count).